The van der Waals surface area contributed by atoms with Crippen molar-refractivity contribution < 1.29 is 27.7 Å². The minimum absolute atomic E-state index is 0.145. The molecule has 0 aliphatic carbocycles. The normalized spacial score (nSPS) is 15.4. The largest absolute Gasteiger partial charge is 0.647 e. The van der Waals surface area contributed by atoms with Crippen molar-refractivity contribution in [1.82, 2.24) is 0 Å². The Morgan fingerprint density at radius 2 is 1.46 bits per heavy atom. The molecule has 0 N–H and O–H groups in total. The second-order valence-corrected chi connectivity index (χ2v) is 6.90. The summed E-state index contributed by atoms with van der Waals surface area (Å²) in [7, 11) is -4.67. The highest BCUT2D eigenvalue weighted by Crippen LogP contribution is 2.50. The number of aryl methyl sites for hydroxylation is 2. The lowest BCUT2D eigenvalue weighted by Gasteiger charge is -2.21. The Bertz CT molecular complexity index is 1190. The highest BCUT2D eigenvalue weighted by Gasteiger charge is 2.34. The Balaban J connectivity index is 2.17. The van der Waals surface area contributed by atoms with E-state index in [4.69, 9.17) is 23.2 Å². The van der Waals surface area contributed by atoms with Crippen LogP contribution in [0.3, 0.4) is 0 Å². The number of para-hydroxylation sites is 2. The predicted octanol–water partition coefficient (Wildman–Crippen LogP) is 6.26. The summed E-state index contributed by atoms with van der Waals surface area (Å²) in [6.45, 7) is 0.457. The van der Waals surface area contributed by atoms with Gasteiger partial charge in [-0.2, -0.15) is 4.57 Å². The lowest BCUT2D eigenvalue weighted by atomic mass is 10.2. The number of hydrogen-bond donors (Lipinski definition) is 0. The summed E-state index contributed by atoms with van der Waals surface area (Å²) in [4.78, 5) is 0. The molecule has 0 unspecified atom stereocenters. The van der Waals surface area contributed by atoms with Crippen LogP contribution in [0.2, 0.25) is 0 Å². The van der Waals surface area contributed by atoms with E-state index in [0.717, 1.165) is 0 Å². The lowest BCUT2D eigenvalue weighted by Crippen LogP contribution is -2.08. The van der Waals surface area contributed by atoms with Crippen LogP contribution in [-0.2, 0) is 4.57 Å². The van der Waals surface area contributed by atoms with Crippen molar-refractivity contribution in [2.75, 3.05) is 0 Å². The van der Waals surface area contributed by atoms with Gasteiger partial charge in [0.05, 0.1) is 5.48 Å². The van der Waals surface area contributed by atoms with Gasteiger partial charge >= 0.3 is 7.82 Å². The first-order valence-corrected chi connectivity index (χ1v) is 9.21. The van der Waals surface area contributed by atoms with E-state index in [1.54, 1.807) is 50.2 Å². The van der Waals surface area contributed by atoms with Crippen molar-refractivity contribution in [1.29, 1.82) is 0 Å². The Morgan fingerprint density at radius 3 is 2.00 bits per heavy atom. The monoisotopic (exact) mass is 375 g/mol. The smallest absolute Gasteiger partial charge is 0.386 e. The summed E-state index contributed by atoms with van der Waals surface area (Å²) in [5.41, 5.74) is 0.396. The molecule has 26 heavy (non-hydrogen) atoms. The molecule has 0 atom stereocenters. The Labute approximate surface area is 163 Å². The van der Waals surface area contributed by atoms with E-state index >= 15 is 0 Å². The van der Waals surface area contributed by atoms with Crippen LogP contribution in [0, 0.1) is 20.7 Å². The maximum Gasteiger partial charge on any atom is 0.647 e. The first kappa shape index (κ1) is 11.1. The molecular formula is C21H21O4P. The average Bonchev–Trinajstić information content (AvgIpc) is 2.72. The van der Waals surface area contributed by atoms with Crippen LogP contribution >= 0.6 is 7.82 Å². The first-order valence-electron chi connectivity index (χ1n) is 11.2. The number of phosphoric ester groups is 1. The van der Waals surface area contributed by atoms with Gasteiger partial charge in [0, 0.05) is 4.11 Å². The van der Waals surface area contributed by atoms with Gasteiger partial charge in [0.25, 0.3) is 0 Å². The molecule has 134 valence electrons. The van der Waals surface area contributed by atoms with Gasteiger partial charge < -0.3 is 13.6 Å². The van der Waals surface area contributed by atoms with Crippen LogP contribution in [0.15, 0.2) is 72.7 Å². The van der Waals surface area contributed by atoms with Crippen LogP contribution in [-0.4, -0.2) is 0 Å². The van der Waals surface area contributed by atoms with E-state index in [-0.39, 0.29) is 11.5 Å². The molecule has 0 aromatic heterocycles. The summed E-state index contributed by atoms with van der Waals surface area (Å²) < 4.78 is 85.6. The van der Waals surface area contributed by atoms with E-state index < -0.39 is 50.2 Å². The molecule has 3 rings (SSSR count). The molecule has 0 fully saturated rings. The minimum Gasteiger partial charge on any atom is -0.386 e. The van der Waals surface area contributed by atoms with Crippen molar-refractivity contribution >= 4 is 7.82 Å². The second kappa shape index (κ2) is 7.67. The average molecular weight is 375 g/mol. The van der Waals surface area contributed by atoms with E-state index in [2.05, 4.69) is 0 Å². The van der Waals surface area contributed by atoms with Crippen molar-refractivity contribution in [2.45, 2.75) is 20.7 Å². The molecule has 0 amide bonds. The van der Waals surface area contributed by atoms with Gasteiger partial charge in [0.15, 0.2) is 0 Å². The van der Waals surface area contributed by atoms with E-state index in [9.17, 15) is 4.57 Å². The number of phosphoric acid groups is 1. The van der Waals surface area contributed by atoms with Crippen LogP contribution < -0.4 is 13.6 Å². The van der Waals surface area contributed by atoms with E-state index in [1.807, 2.05) is 0 Å². The zero-order valence-corrected chi connectivity index (χ0v) is 15.1. The van der Waals surface area contributed by atoms with Crippen molar-refractivity contribution in [2.24, 2.45) is 0 Å². The third kappa shape index (κ3) is 4.47. The zero-order chi connectivity index (χ0) is 24.6. The fourth-order valence-corrected chi connectivity index (χ4v) is 3.42. The molecular weight excluding hydrogens is 347 g/mol. The van der Waals surface area contributed by atoms with Gasteiger partial charge in [-0.15, -0.1) is 0 Å². The lowest BCUT2D eigenvalue weighted by molar-refractivity contribution is 0.297. The van der Waals surface area contributed by atoms with Crippen LogP contribution in [0.1, 0.15) is 26.3 Å². The Hall–Kier alpha value is -2.71. The summed E-state index contributed by atoms with van der Waals surface area (Å²) in [5, 5.41) is 0. The zero-order valence-electron chi connectivity index (χ0n) is 21.2. The summed E-state index contributed by atoms with van der Waals surface area (Å²) in [6.07, 6.45) is 0. The molecule has 5 heteroatoms. The molecule has 4 nitrogen and oxygen atoms in total. The van der Waals surface area contributed by atoms with Crippen molar-refractivity contribution in [3.05, 3.63) is 89.4 Å². The fourth-order valence-electron chi connectivity index (χ4n) is 2.10. The van der Waals surface area contributed by atoms with Gasteiger partial charge in [0.2, 0.25) is 0 Å². The number of benzene rings is 3. The maximum absolute atomic E-state index is 13.8. The molecule has 3 aromatic rings. The second-order valence-electron chi connectivity index (χ2n) is 5.46. The van der Waals surface area contributed by atoms with E-state index in [0.29, 0.717) is 11.1 Å². The van der Waals surface area contributed by atoms with Gasteiger partial charge in [-0.1, -0.05) is 48.5 Å². The van der Waals surface area contributed by atoms with Gasteiger partial charge in [-0.3, -0.25) is 0 Å². The topological polar surface area (TPSA) is 44.8 Å². The van der Waals surface area contributed by atoms with Crippen LogP contribution in [0.25, 0.3) is 0 Å². The highest BCUT2D eigenvalue weighted by molar-refractivity contribution is 7.49. The van der Waals surface area contributed by atoms with Gasteiger partial charge in [-0.25, -0.2) is 0 Å². The SMILES string of the molecule is [2H]c1c([2H])c(OP(=O)(Oc2ccccc2C)Oc2ccccc2C)c([2H])c(C([2H])([2H])[2H])c1[2H]. The molecule has 0 saturated heterocycles. The molecule has 0 saturated carbocycles. The third-order valence-corrected chi connectivity index (χ3v) is 4.66. The highest BCUT2D eigenvalue weighted by atomic mass is 31.2. The van der Waals surface area contributed by atoms with Crippen LogP contribution in [0.5, 0.6) is 17.2 Å². The summed E-state index contributed by atoms with van der Waals surface area (Å²) in [5.74, 6) is -0.494. The van der Waals surface area contributed by atoms with Crippen LogP contribution in [0.4, 0.5) is 0 Å². The molecule has 0 heterocycles. The Kier molecular flexibility index (Phi) is 3.27. The third-order valence-electron chi connectivity index (χ3n) is 3.41. The first-order chi connectivity index (χ1) is 15.3. The summed E-state index contributed by atoms with van der Waals surface area (Å²) >= 11 is 0. The standard InChI is InChI=1S/C21H21O4P/c1-16-9-8-12-19(15-16)23-26(22,24-20-13-6-4-10-17(20)2)25-21-14-7-5-11-18(21)3/h4-15H,1-3H3/i1D3,8D,9D,12D,15D. The van der Waals surface area contributed by atoms with Crippen molar-refractivity contribution in [3.63, 3.8) is 0 Å². The van der Waals surface area contributed by atoms with Crippen molar-refractivity contribution in [3.8, 4) is 17.2 Å². The minimum atomic E-state index is -4.67. The number of rotatable bonds is 6. The predicted molar refractivity (Wildman–Crippen MR) is 103 cm³/mol. The molecule has 0 bridgehead atoms. The van der Waals surface area contributed by atoms with Gasteiger partial charge in [-0.05, 0) is 61.6 Å². The Morgan fingerprint density at radius 1 is 0.885 bits per heavy atom. The molecule has 0 aliphatic rings. The number of hydrogen-bond acceptors (Lipinski definition) is 4. The fraction of sp³-hybridized carbons (Fsp3) is 0.143. The van der Waals surface area contributed by atoms with Gasteiger partial charge in [0.1, 0.15) is 17.2 Å². The molecule has 0 aliphatic heterocycles. The molecule has 0 radical (unpaired) electrons. The quantitative estimate of drug-likeness (QED) is 0.477. The summed E-state index contributed by atoms with van der Waals surface area (Å²) in [6, 6.07) is 9.96. The molecule has 0 spiro atoms. The van der Waals surface area contributed by atoms with E-state index in [1.165, 1.54) is 12.1 Å². The maximum atomic E-state index is 13.8. The molecule has 3 aromatic carbocycles.